The Bertz CT molecular complexity index is 352. The summed E-state index contributed by atoms with van der Waals surface area (Å²) in [5, 5.41) is 11.7. The Morgan fingerprint density at radius 1 is 1.41 bits per heavy atom. The minimum Gasteiger partial charge on any atom is -0.497 e. The lowest BCUT2D eigenvalue weighted by Gasteiger charge is -2.05. The molecule has 0 heterocycles. The quantitative estimate of drug-likeness (QED) is 0.675. The summed E-state index contributed by atoms with van der Waals surface area (Å²) in [5.41, 5.74) is 1.22. The fraction of sp³-hybridized carbons (Fsp3) is 0.462. The molecule has 4 nitrogen and oxygen atoms in total. The fourth-order valence-corrected chi connectivity index (χ4v) is 1.55. The number of ether oxygens (including phenoxy) is 1. The molecule has 2 N–H and O–H groups in total. The van der Waals surface area contributed by atoms with Gasteiger partial charge in [-0.3, -0.25) is 4.79 Å². The molecule has 0 amide bonds. The monoisotopic (exact) mass is 237 g/mol. The summed E-state index contributed by atoms with van der Waals surface area (Å²) in [4.78, 5) is 10.3. The Morgan fingerprint density at radius 2 is 2.24 bits per heavy atom. The van der Waals surface area contributed by atoms with E-state index in [4.69, 9.17) is 9.84 Å². The van der Waals surface area contributed by atoms with Gasteiger partial charge in [-0.15, -0.1) is 0 Å². The van der Waals surface area contributed by atoms with Crippen LogP contribution in [0.15, 0.2) is 24.3 Å². The van der Waals surface area contributed by atoms with Crippen molar-refractivity contribution in [3.05, 3.63) is 29.8 Å². The van der Waals surface area contributed by atoms with E-state index in [-0.39, 0.29) is 6.42 Å². The highest BCUT2D eigenvalue weighted by Crippen LogP contribution is 2.12. The molecule has 0 saturated heterocycles. The summed E-state index contributed by atoms with van der Waals surface area (Å²) in [6.45, 7) is 1.60. The van der Waals surface area contributed by atoms with Crippen LogP contribution in [0.1, 0.15) is 18.4 Å². The van der Waals surface area contributed by atoms with E-state index in [1.807, 2.05) is 18.2 Å². The van der Waals surface area contributed by atoms with Crippen molar-refractivity contribution < 1.29 is 14.6 Å². The number of methoxy groups -OCH3 is 1. The molecule has 0 fully saturated rings. The Balaban J connectivity index is 2.15. The average Bonchev–Trinajstić information content (AvgIpc) is 2.33. The van der Waals surface area contributed by atoms with Gasteiger partial charge in [0.15, 0.2) is 0 Å². The number of hydrogen-bond acceptors (Lipinski definition) is 3. The first-order valence-electron chi connectivity index (χ1n) is 5.78. The molecular formula is C13H19NO3. The van der Waals surface area contributed by atoms with Crippen molar-refractivity contribution in [1.29, 1.82) is 0 Å². The number of nitrogens with one attached hydrogen (secondary N) is 1. The molecule has 1 aromatic carbocycles. The second kappa shape index (κ2) is 7.68. The zero-order chi connectivity index (χ0) is 12.5. The molecule has 0 aromatic heterocycles. The first-order chi connectivity index (χ1) is 8.22. The predicted molar refractivity (Wildman–Crippen MR) is 66.4 cm³/mol. The van der Waals surface area contributed by atoms with E-state index in [0.29, 0.717) is 6.42 Å². The van der Waals surface area contributed by atoms with E-state index >= 15 is 0 Å². The Morgan fingerprint density at radius 3 is 2.94 bits per heavy atom. The summed E-state index contributed by atoms with van der Waals surface area (Å²) in [6, 6.07) is 7.96. The number of aliphatic carboxylic acids is 1. The maximum absolute atomic E-state index is 10.3. The van der Waals surface area contributed by atoms with E-state index in [1.54, 1.807) is 7.11 Å². The molecule has 0 aliphatic rings. The third-order valence-electron chi connectivity index (χ3n) is 2.47. The van der Waals surface area contributed by atoms with Crippen LogP contribution in [-0.4, -0.2) is 31.3 Å². The number of rotatable bonds is 8. The van der Waals surface area contributed by atoms with E-state index < -0.39 is 5.97 Å². The van der Waals surface area contributed by atoms with Crippen molar-refractivity contribution >= 4 is 5.97 Å². The van der Waals surface area contributed by atoms with Crippen LogP contribution in [0.25, 0.3) is 0 Å². The molecule has 1 rings (SSSR count). The standard InChI is InChI=1S/C13H19NO3/c1-17-12-5-2-4-11(10-12)7-9-14-8-3-6-13(15)16/h2,4-5,10,14H,3,6-9H2,1H3,(H,15,16). The van der Waals surface area contributed by atoms with Crippen LogP contribution in [0.5, 0.6) is 5.75 Å². The first-order valence-corrected chi connectivity index (χ1v) is 5.78. The molecule has 0 aliphatic carbocycles. The predicted octanol–water partition coefficient (Wildman–Crippen LogP) is 1.69. The van der Waals surface area contributed by atoms with Crippen LogP contribution < -0.4 is 10.1 Å². The normalized spacial score (nSPS) is 10.2. The fourth-order valence-electron chi connectivity index (χ4n) is 1.55. The van der Waals surface area contributed by atoms with E-state index in [2.05, 4.69) is 11.4 Å². The highest BCUT2D eigenvalue weighted by atomic mass is 16.5. The van der Waals surface area contributed by atoms with Gasteiger partial charge in [0.1, 0.15) is 5.75 Å². The SMILES string of the molecule is COc1cccc(CCNCCCC(=O)O)c1. The molecule has 0 radical (unpaired) electrons. The van der Waals surface area contributed by atoms with Gasteiger partial charge in [-0.1, -0.05) is 12.1 Å². The minimum absolute atomic E-state index is 0.228. The molecule has 0 spiro atoms. The maximum Gasteiger partial charge on any atom is 0.303 e. The van der Waals surface area contributed by atoms with Crippen molar-refractivity contribution in [3.8, 4) is 5.75 Å². The smallest absolute Gasteiger partial charge is 0.303 e. The Labute approximate surface area is 102 Å². The molecule has 0 saturated carbocycles. The lowest BCUT2D eigenvalue weighted by Crippen LogP contribution is -2.19. The van der Waals surface area contributed by atoms with Crippen LogP contribution in [-0.2, 0) is 11.2 Å². The van der Waals surface area contributed by atoms with E-state index in [0.717, 1.165) is 25.3 Å². The number of hydrogen-bond donors (Lipinski definition) is 2. The Hall–Kier alpha value is -1.55. The van der Waals surface area contributed by atoms with Crippen LogP contribution in [0.2, 0.25) is 0 Å². The molecule has 1 aromatic rings. The minimum atomic E-state index is -0.736. The summed E-state index contributed by atoms with van der Waals surface area (Å²) >= 11 is 0. The highest BCUT2D eigenvalue weighted by Gasteiger charge is 1.97. The van der Waals surface area contributed by atoms with Crippen molar-refractivity contribution in [1.82, 2.24) is 5.32 Å². The number of benzene rings is 1. The molecular weight excluding hydrogens is 218 g/mol. The zero-order valence-corrected chi connectivity index (χ0v) is 10.1. The van der Waals surface area contributed by atoms with Crippen LogP contribution in [0.4, 0.5) is 0 Å². The van der Waals surface area contributed by atoms with Gasteiger partial charge in [-0.2, -0.15) is 0 Å². The van der Waals surface area contributed by atoms with Crippen LogP contribution in [0.3, 0.4) is 0 Å². The summed E-state index contributed by atoms with van der Waals surface area (Å²) < 4.78 is 5.14. The second-order valence-electron chi connectivity index (χ2n) is 3.85. The topological polar surface area (TPSA) is 58.6 Å². The molecule has 0 aliphatic heterocycles. The van der Waals surface area contributed by atoms with Gasteiger partial charge in [-0.25, -0.2) is 0 Å². The van der Waals surface area contributed by atoms with Crippen LogP contribution in [0, 0.1) is 0 Å². The molecule has 0 bridgehead atoms. The van der Waals surface area contributed by atoms with Crippen molar-refractivity contribution in [2.45, 2.75) is 19.3 Å². The van der Waals surface area contributed by atoms with Crippen LogP contribution >= 0.6 is 0 Å². The summed E-state index contributed by atoms with van der Waals surface area (Å²) in [5.74, 6) is 0.132. The molecule has 94 valence electrons. The highest BCUT2D eigenvalue weighted by molar-refractivity contribution is 5.66. The van der Waals surface area contributed by atoms with Gasteiger partial charge in [0.05, 0.1) is 7.11 Å². The maximum atomic E-state index is 10.3. The lowest BCUT2D eigenvalue weighted by atomic mass is 10.1. The summed E-state index contributed by atoms with van der Waals surface area (Å²) in [7, 11) is 1.66. The second-order valence-corrected chi connectivity index (χ2v) is 3.85. The third-order valence-corrected chi connectivity index (χ3v) is 2.47. The number of carboxylic acids is 1. The van der Waals surface area contributed by atoms with Gasteiger partial charge in [-0.05, 0) is 43.6 Å². The molecule has 0 atom stereocenters. The van der Waals surface area contributed by atoms with Gasteiger partial charge in [0, 0.05) is 6.42 Å². The van der Waals surface area contributed by atoms with E-state index in [9.17, 15) is 4.79 Å². The average molecular weight is 237 g/mol. The number of carbonyl (C=O) groups is 1. The molecule has 4 heteroatoms. The summed E-state index contributed by atoms with van der Waals surface area (Å²) in [6.07, 6.45) is 1.82. The molecule has 17 heavy (non-hydrogen) atoms. The number of carboxylic acid groups (broad SMARTS) is 1. The first kappa shape index (κ1) is 13.5. The van der Waals surface area contributed by atoms with Crippen molar-refractivity contribution in [2.24, 2.45) is 0 Å². The van der Waals surface area contributed by atoms with Crippen molar-refractivity contribution in [3.63, 3.8) is 0 Å². The largest absolute Gasteiger partial charge is 0.497 e. The zero-order valence-electron chi connectivity index (χ0n) is 10.1. The third kappa shape index (κ3) is 5.92. The lowest BCUT2D eigenvalue weighted by molar-refractivity contribution is -0.137. The molecule has 0 unspecified atom stereocenters. The Kier molecular flexibility index (Phi) is 6.10. The van der Waals surface area contributed by atoms with Crippen molar-refractivity contribution in [2.75, 3.05) is 20.2 Å². The van der Waals surface area contributed by atoms with Gasteiger partial charge >= 0.3 is 5.97 Å². The van der Waals surface area contributed by atoms with Gasteiger partial charge < -0.3 is 15.2 Å². The van der Waals surface area contributed by atoms with Gasteiger partial charge in [0.25, 0.3) is 0 Å². The van der Waals surface area contributed by atoms with Gasteiger partial charge in [0.2, 0.25) is 0 Å². The van der Waals surface area contributed by atoms with E-state index in [1.165, 1.54) is 5.56 Å².